The molecular weight excluding hydrogens is 579 g/mol. The van der Waals surface area contributed by atoms with Crippen LogP contribution in [0.15, 0.2) is 6.58 Å². The Morgan fingerprint density at radius 1 is 0.562 bits per heavy atom. The van der Waals surface area contributed by atoms with Gasteiger partial charge in [0.05, 0.1) is 0 Å². The molecule has 0 radical (unpaired) electrons. The molecule has 4 rings (SSSR count). The minimum absolute atomic E-state index is 0. The van der Waals surface area contributed by atoms with Gasteiger partial charge in [-0.3, -0.25) is 6.58 Å². The summed E-state index contributed by atoms with van der Waals surface area (Å²) in [4.78, 5) is 0. The van der Waals surface area contributed by atoms with Crippen molar-refractivity contribution in [1.29, 1.82) is 0 Å². The molecular formula is C27H48Mo2O2P+. The molecule has 0 heterocycles. The van der Waals surface area contributed by atoms with E-state index in [4.69, 9.17) is 9.30 Å². The van der Waals surface area contributed by atoms with Gasteiger partial charge in [-0.15, -0.1) is 8.58 Å². The van der Waals surface area contributed by atoms with Gasteiger partial charge in [-0.25, -0.2) is 0 Å². The third kappa shape index (κ3) is 29.1. The van der Waals surface area contributed by atoms with Crippen molar-refractivity contribution >= 4 is 8.58 Å². The molecule has 2 nitrogen and oxygen atoms in total. The van der Waals surface area contributed by atoms with E-state index in [0.717, 1.165) is 11.3 Å². The van der Waals surface area contributed by atoms with Crippen LogP contribution in [0.25, 0.3) is 0 Å². The summed E-state index contributed by atoms with van der Waals surface area (Å²) in [6, 6.07) is 0. The molecule has 0 atom stereocenters. The van der Waals surface area contributed by atoms with Crippen LogP contribution in [-0.4, -0.2) is 11.3 Å². The molecule has 0 saturated heterocycles. The van der Waals surface area contributed by atoms with Crippen molar-refractivity contribution in [2.24, 2.45) is 0 Å². The molecule has 4 saturated carbocycles. The predicted octanol–water partition coefficient (Wildman–Crippen LogP) is 9.15. The SMILES string of the molecule is C1CCC(PC2CCCCC2)CC1.C1CCCC1.C1CCCC1.C=[C-]C.[C-]#[O+].[C-]#[O+].[Mo+2].[Mo]. The molecule has 0 unspecified atom stereocenters. The van der Waals surface area contributed by atoms with Crippen LogP contribution in [0.2, 0.25) is 0 Å². The molecule has 0 aromatic carbocycles. The number of hydrogen-bond acceptors (Lipinski definition) is 0. The van der Waals surface area contributed by atoms with Crippen molar-refractivity contribution in [2.45, 2.75) is 147 Å². The zero-order valence-electron chi connectivity index (χ0n) is 20.6. The molecule has 0 N–H and O–H groups in total. The number of allylic oxidation sites excluding steroid dienone is 1. The van der Waals surface area contributed by atoms with Crippen LogP contribution in [0.3, 0.4) is 0 Å². The largest absolute Gasteiger partial charge is 2.00 e. The molecule has 4 fully saturated rings. The monoisotopic (exact) mass is 631 g/mol. The fourth-order valence-corrected chi connectivity index (χ4v) is 6.79. The third-order valence-electron chi connectivity index (χ3n) is 6.18. The summed E-state index contributed by atoms with van der Waals surface area (Å²) in [6.07, 6.45) is 32.9. The molecule has 184 valence electrons. The molecule has 0 amide bonds. The fraction of sp³-hybridized carbons (Fsp3) is 0.852. The van der Waals surface area contributed by atoms with Crippen molar-refractivity contribution in [3.8, 4) is 0 Å². The fourth-order valence-electron chi connectivity index (χ4n) is 4.64. The summed E-state index contributed by atoms with van der Waals surface area (Å²) in [5, 5.41) is 0. The van der Waals surface area contributed by atoms with Crippen LogP contribution in [0, 0.1) is 19.4 Å². The van der Waals surface area contributed by atoms with Crippen LogP contribution in [0.1, 0.15) is 135 Å². The van der Waals surface area contributed by atoms with Crippen LogP contribution in [0.4, 0.5) is 0 Å². The Balaban J connectivity index is -0.000000174. The van der Waals surface area contributed by atoms with Gasteiger partial charge in [-0.2, -0.15) is 6.92 Å². The van der Waals surface area contributed by atoms with E-state index >= 15 is 0 Å². The first-order valence-corrected chi connectivity index (χ1v) is 13.6. The molecule has 0 spiro atoms. The first kappa shape index (κ1) is 40.2. The van der Waals surface area contributed by atoms with E-state index in [9.17, 15) is 0 Å². The third-order valence-corrected chi connectivity index (χ3v) is 8.28. The molecule has 0 bridgehead atoms. The summed E-state index contributed by atoms with van der Waals surface area (Å²) >= 11 is 0. The van der Waals surface area contributed by atoms with E-state index in [0.29, 0.717) is 0 Å². The van der Waals surface area contributed by atoms with Gasteiger partial charge >= 0.3 is 43.7 Å². The van der Waals surface area contributed by atoms with Gasteiger partial charge in [0.2, 0.25) is 0 Å². The summed E-state index contributed by atoms with van der Waals surface area (Å²) in [6.45, 7) is 14.0. The second-order valence-electron chi connectivity index (χ2n) is 8.73. The standard InChI is InChI=1S/C12H23P.2C5H10.C3H5.2CO.2Mo/c1-3-7-11(8-4-1)13-12-9-5-2-6-10-12;2*1-2-4-5-3-1;1-3-2;2*1-2;;/h11-13H,1-10H2;2*1-5H2;1H2,2H3;;;;/q;;;-1;;;;+2. The van der Waals surface area contributed by atoms with Gasteiger partial charge in [0.25, 0.3) is 0 Å². The molecule has 4 aliphatic carbocycles. The van der Waals surface area contributed by atoms with Crippen molar-refractivity contribution in [2.75, 3.05) is 0 Å². The summed E-state index contributed by atoms with van der Waals surface area (Å²) in [5.41, 5.74) is 2.30. The smallest absolute Gasteiger partial charge is 0 e. The first-order valence-electron chi connectivity index (χ1n) is 12.5. The average molecular weight is 628 g/mol. The van der Waals surface area contributed by atoms with Crippen LogP contribution < -0.4 is 0 Å². The van der Waals surface area contributed by atoms with E-state index in [-0.39, 0.29) is 42.1 Å². The Hall–Kier alpha value is 1.03. The Bertz CT molecular complexity index is 321. The van der Waals surface area contributed by atoms with Crippen molar-refractivity contribution < 1.29 is 51.4 Å². The number of hydrogen-bond donors (Lipinski definition) is 0. The zero-order chi connectivity index (χ0) is 22.7. The van der Waals surface area contributed by atoms with Gasteiger partial charge < -0.3 is 6.08 Å². The van der Waals surface area contributed by atoms with Gasteiger partial charge in [-0.05, 0) is 37.0 Å². The van der Waals surface area contributed by atoms with E-state index in [1.165, 1.54) is 111 Å². The maximum atomic E-state index is 7.50. The first-order chi connectivity index (χ1) is 14.9. The van der Waals surface area contributed by atoms with Gasteiger partial charge in [0.15, 0.2) is 0 Å². The molecule has 32 heavy (non-hydrogen) atoms. The molecule has 4 aliphatic rings. The van der Waals surface area contributed by atoms with Crippen LogP contribution >= 0.6 is 8.58 Å². The number of rotatable bonds is 2. The predicted molar refractivity (Wildman–Crippen MR) is 131 cm³/mol. The topological polar surface area (TPSA) is 39.8 Å². The normalized spacial score (nSPS) is 19.3. The van der Waals surface area contributed by atoms with Crippen LogP contribution in [-0.2, 0) is 51.4 Å². The van der Waals surface area contributed by atoms with Crippen LogP contribution in [0.5, 0.6) is 0 Å². The van der Waals surface area contributed by atoms with E-state index in [1.54, 1.807) is 32.6 Å². The second kappa shape index (κ2) is 36.6. The minimum atomic E-state index is 0. The maximum absolute atomic E-state index is 7.50. The average Bonchev–Trinajstić information content (AvgIpc) is 3.58. The summed E-state index contributed by atoms with van der Waals surface area (Å²) in [7, 11) is 1.33. The van der Waals surface area contributed by atoms with E-state index in [2.05, 4.69) is 26.0 Å². The zero-order valence-corrected chi connectivity index (χ0v) is 25.7. The molecule has 0 aromatic rings. The molecule has 0 aromatic heterocycles. The Morgan fingerprint density at radius 2 is 0.719 bits per heavy atom. The molecule has 0 aliphatic heterocycles. The van der Waals surface area contributed by atoms with Crippen molar-refractivity contribution in [3.05, 3.63) is 26.0 Å². The maximum Gasteiger partial charge on any atom is 2.00 e. The second-order valence-corrected chi connectivity index (χ2v) is 10.7. The van der Waals surface area contributed by atoms with Crippen molar-refractivity contribution in [3.63, 3.8) is 0 Å². The quantitative estimate of drug-likeness (QED) is 0.127. The Labute approximate surface area is 231 Å². The van der Waals surface area contributed by atoms with Crippen molar-refractivity contribution in [1.82, 2.24) is 0 Å². The Kier molecular flexibility index (Phi) is 46.0. The molecule has 5 heteroatoms. The van der Waals surface area contributed by atoms with Gasteiger partial charge in [0, 0.05) is 21.1 Å². The van der Waals surface area contributed by atoms with E-state index in [1.807, 2.05) is 0 Å². The Morgan fingerprint density at radius 3 is 0.906 bits per heavy atom. The van der Waals surface area contributed by atoms with E-state index < -0.39 is 0 Å². The van der Waals surface area contributed by atoms with Gasteiger partial charge in [0.1, 0.15) is 0 Å². The van der Waals surface area contributed by atoms with Gasteiger partial charge in [-0.1, -0.05) is 103 Å². The summed E-state index contributed by atoms with van der Waals surface area (Å²) < 4.78 is 15.0. The minimum Gasteiger partial charge on any atom is 0 e. The summed E-state index contributed by atoms with van der Waals surface area (Å²) in [5.74, 6) is 0.